The summed E-state index contributed by atoms with van der Waals surface area (Å²) in [5, 5.41) is 1.47. The predicted molar refractivity (Wildman–Crippen MR) is 72.2 cm³/mol. The zero-order valence-electron chi connectivity index (χ0n) is 10.3. The Morgan fingerprint density at radius 2 is 2.00 bits per heavy atom. The molecular weight excluding hydrogens is 214 g/mol. The van der Waals surface area contributed by atoms with Gasteiger partial charge in [-0.05, 0) is 0 Å². The van der Waals surface area contributed by atoms with E-state index in [1.807, 2.05) is 11.8 Å². The van der Waals surface area contributed by atoms with Gasteiger partial charge in [0.1, 0.15) is 0 Å². The molecule has 2 rings (SSSR count). The summed E-state index contributed by atoms with van der Waals surface area (Å²) in [7, 11) is 0. The van der Waals surface area contributed by atoms with E-state index in [9.17, 15) is 0 Å². The van der Waals surface area contributed by atoms with Crippen LogP contribution >= 0.6 is 11.8 Å². The standard InChI is InChI=1S/C14H20NS/c1-11(2)14-10-16-12(3)15(14)9-13-7-5-4-6-8-13/h4-8,11,14H,9-10H2,1-3H3/q+1/t14-/m1/s1. The fraction of sp³-hybridized carbons (Fsp3) is 0.500. The number of thioether (sulfide) groups is 1. The van der Waals surface area contributed by atoms with Crippen LogP contribution < -0.4 is 0 Å². The molecule has 2 heteroatoms. The Hall–Kier alpha value is -0.760. The molecule has 0 N–H and O–H groups in total. The lowest BCUT2D eigenvalue weighted by atomic mass is 10.1. The van der Waals surface area contributed by atoms with E-state index in [-0.39, 0.29) is 0 Å². The molecule has 16 heavy (non-hydrogen) atoms. The van der Waals surface area contributed by atoms with Crippen molar-refractivity contribution in [3.05, 3.63) is 35.9 Å². The number of hydrogen-bond donors (Lipinski definition) is 0. The fourth-order valence-electron chi connectivity index (χ4n) is 2.17. The van der Waals surface area contributed by atoms with Crippen LogP contribution in [0.2, 0.25) is 0 Å². The summed E-state index contributed by atoms with van der Waals surface area (Å²) in [5.41, 5.74) is 1.41. The molecule has 0 amide bonds. The smallest absolute Gasteiger partial charge is 0.208 e. The van der Waals surface area contributed by atoms with Crippen LogP contribution in [0.3, 0.4) is 0 Å². The van der Waals surface area contributed by atoms with Crippen LogP contribution in [0.15, 0.2) is 30.3 Å². The number of rotatable bonds is 3. The van der Waals surface area contributed by atoms with Gasteiger partial charge in [0.15, 0.2) is 12.6 Å². The van der Waals surface area contributed by atoms with E-state index < -0.39 is 0 Å². The molecule has 0 aromatic heterocycles. The van der Waals surface area contributed by atoms with Crippen LogP contribution in [0.1, 0.15) is 26.3 Å². The predicted octanol–water partition coefficient (Wildman–Crippen LogP) is 3.39. The largest absolute Gasteiger partial charge is 0.220 e. The Morgan fingerprint density at radius 3 is 2.62 bits per heavy atom. The molecule has 0 unspecified atom stereocenters. The fourth-order valence-corrected chi connectivity index (χ4v) is 3.52. The Morgan fingerprint density at radius 1 is 1.31 bits per heavy atom. The third kappa shape index (κ3) is 2.49. The highest BCUT2D eigenvalue weighted by atomic mass is 32.2. The Bertz CT molecular complexity index is 381. The summed E-state index contributed by atoms with van der Waals surface area (Å²) in [6.45, 7) is 7.95. The molecule has 1 aliphatic rings. The summed E-state index contributed by atoms with van der Waals surface area (Å²) in [5.74, 6) is 1.98. The SMILES string of the molecule is CC1=[N+](Cc2ccccc2)[C@@H](C(C)C)CS1. The van der Waals surface area contributed by atoms with Crippen LogP contribution in [0.4, 0.5) is 0 Å². The molecule has 1 atom stereocenters. The number of hydrogen-bond acceptors (Lipinski definition) is 1. The molecule has 0 bridgehead atoms. The lowest BCUT2D eigenvalue weighted by Crippen LogP contribution is -2.30. The third-order valence-corrected chi connectivity index (χ3v) is 4.39. The van der Waals surface area contributed by atoms with Crippen molar-refractivity contribution in [1.82, 2.24) is 0 Å². The first-order valence-corrected chi connectivity index (χ1v) is 6.94. The molecule has 1 aromatic carbocycles. The molecule has 0 radical (unpaired) electrons. The molecule has 0 aliphatic carbocycles. The molecule has 0 spiro atoms. The van der Waals surface area contributed by atoms with Gasteiger partial charge in [0.25, 0.3) is 0 Å². The quantitative estimate of drug-likeness (QED) is 0.725. The van der Waals surface area contributed by atoms with Gasteiger partial charge < -0.3 is 0 Å². The normalized spacial score (nSPS) is 20.9. The van der Waals surface area contributed by atoms with Crippen molar-refractivity contribution in [2.75, 3.05) is 5.75 Å². The van der Waals surface area contributed by atoms with Crippen molar-refractivity contribution in [3.8, 4) is 0 Å². The number of benzene rings is 1. The van der Waals surface area contributed by atoms with Gasteiger partial charge in [-0.15, -0.1) is 0 Å². The summed E-state index contributed by atoms with van der Waals surface area (Å²) >= 11 is 2.00. The maximum absolute atomic E-state index is 2.56. The van der Waals surface area contributed by atoms with Crippen molar-refractivity contribution < 1.29 is 4.58 Å². The second kappa shape index (κ2) is 5.05. The van der Waals surface area contributed by atoms with Crippen molar-refractivity contribution in [1.29, 1.82) is 0 Å². The van der Waals surface area contributed by atoms with Gasteiger partial charge in [-0.25, -0.2) is 4.58 Å². The van der Waals surface area contributed by atoms with Crippen molar-refractivity contribution in [2.24, 2.45) is 5.92 Å². The van der Waals surface area contributed by atoms with E-state index in [2.05, 4.69) is 55.7 Å². The maximum atomic E-state index is 2.56. The summed E-state index contributed by atoms with van der Waals surface area (Å²) in [4.78, 5) is 0. The average molecular weight is 234 g/mol. The zero-order valence-corrected chi connectivity index (χ0v) is 11.1. The minimum atomic E-state index is 0.699. The van der Waals surface area contributed by atoms with E-state index in [0.29, 0.717) is 6.04 Å². The monoisotopic (exact) mass is 234 g/mol. The molecule has 0 fully saturated rings. The Balaban J connectivity index is 2.17. The van der Waals surface area contributed by atoms with Gasteiger partial charge in [0.2, 0.25) is 5.04 Å². The van der Waals surface area contributed by atoms with E-state index in [0.717, 1.165) is 12.5 Å². The molecule has 1 nitrogen and oxygen atoms in total. The highest BCUT2D eigenvalue weighted by Crippen LogP contribution is 2.24. The highest BCUT2D eigenvalue weighted by molar-refractivity contribution is 8.13. The Kier molecular flexibility index (Phi) is 3.70. The van der Waals surface area contributed by atoms with Gasteiger partial charge >= 0.3 is 0 Å². The van der Waals surface area contributed by atoms with Crippen molar-refractivity contribution in [3.63, 3.8) is 0 Å². The van der Waals surface area contributed by atoms with Gasteiger partial charge in [-0.3, -0.25) is 0 Å². The minimum Gasteiger partial charge on any atom is -0.220 e. The molecule has 1 aliphatic heterocycles. The van der Waals surface area contributed by atoms with E-state index in [1.165, 1.54) is 16.4 Å². The zero-order chi connectivity index (χ0) is 11.5. The van der Waals surface area contributed by atoms with E-state index >= 15 is 0 Å². The lowest BCUT2D eigenvalue weighted by molar-refractivity contribution is -0.578. The van der Waals surface area contributed by atoms with E-state index in [4.69, 9.17) is 0 Å². The second-order valence-corrected chi connectivity index (χ2v) is 5.97. The first kappa shape index (κ1) is 11.7. The number of nitrogens with zero attached hydrogens (tertiary/aromatic N) is 1. The van der Waals surface area contributed by atoms with Crippen LogP contribution in [0.5, 0.6) is 0 Å². The molecular formula is C14H20NS+. The van der Waals surface area contributed by atoms with Gasteiger partial charge in [-0.2, -0.15) is 0 Å². The van der Waals surface area contributed by atoms with Crippen LogP contribution in [-0.4, -0.2) is 21.4 Å². The second-order valence-electron chi connectivity index (χ2n) is 4.75. The topological polar surface area (TPSA) is 3.01 Å². The van der Waals surface area contributed by atoms with E-state index in [1.54, 1.807) is 0 Å². The van der Waals surface area contributed by atoms with Crippen LogP contribution in [-0.2, 0) is 6.54 Å². The summed E-state index contributed by atoms with van der Waals surface area (Å²) < 4.78 is 2.56. The molecule has 1 aromatic rings. The van der Waals surface area contributed by atoms with Crippen LogP contribution in [0.25, 0.3) is 0 Å². The molecule has 0 saturated heterocycles. The van der Waals surface area contributed by atoms with Gasteiger partial charge in [0.05, 0.1) is 5.75 Å². The minimum absolute atomic E-state index is 0.699. The molecule has 0 saturated carbocycles. The lowest BCUT2D eigenvalue weighted by Gasteiger charge is -2.13. The van der Waals surface area contributed by atoms with Gasteiger partial charge in [0, 0.05) is 18.4 Å². The van der Waals surface area contributed by atoms with Gasteiger partial charge in [-0.1, -0.05) is 55.9 Å². The van der Waals surface area contributed by atoms with Crippen LogP contribution in [0, 0.1) is 5.92 Å². The third-order valence-electron chi connectivity index (χ3n) is 3.23. The summed E-state index contributed by atoms with van der Waals surface area (Å²) in [6, 6.07) is 11.5. The Labute approximate surface area is 103 Å². The van der Waals surface area contributed by atoms with Crippen molar-refractivity contribution in [2.45, 2.75) is 33.4 Å². The first-order valence-electron chi connectivity index (χ1n) is 5.95. The maximum Gasteiger partial charge on any atom is 0.208 e. The highest BCUT2D eigenvalue weighted by Gasteiger charge is 2.33. The average Bonchev–Trinajstić information content (AvgIpc) is 2.62. The molecule has 1 heterocycles. The van der Waals surface area contributed by atoms with Crippen molar-refractivity contribution >= 4 is 16.8 Å². The summed E-state index contributed by atoms with van der Waals surface area (Å²) in [6.07, 6.45) is 0. The molecule has 86 valence electrons. The first-order chi connectivity index (χ1) is 7.68.